The lowest BCUT2D eigenvalue weighted by Gasteiger charge is -2.33. The van der Waals surface area contributed by atoms with Gasteiger partial charge in [0, 0.05) is 23.8 Å². The minimum absolute atomic E-state index is 0.0890. The second-order valence-electron chi connectivity index (χ2n) is 6.52. The van der Waals surface area contributed by atoms with Crippen molar-refractivity contribution < 1.29 is 4.79 Å². The number of hydrogen-bond donors (Lipinski definition) is 2. The minimum atomic E-state index is 0.0890. The Balaban J connectivity index is 1.67. The fourth-order valence-electron chi connectivity index (χ4n) is 3.58. The van der Waals surface area contributed by atoms with E-state index in [1.54, 1.807) is 0 Å². The monoisotopic (exact) mass is 272 g/mol. The first kappa shape index (κ1) is 13.5. The number of benzene rings is 1. The molecule has 0 spiro atoms. The molecule has 1 aliphatic heterocycles. The van der Waals surface area contributed by atoms with Crippen molar-refractivity contribution in [3.05, 3.63) is 29.3 Å². The van der Waals surface area contributed by atoms with Gasteiger partial charge in [-0.25, -0.2) is 0 Å². The standard InChI is InChI=1S/C17H24N2O/c1-11-3-5-15(12(2)9-11)19-17(20)14-4-6-16-13(10-14)7-8-18-16/h4,6,10-12,15,18H,3,5,7-9H2,1-2H3,(H,19,20). The summed E-state index contributed by atoms with van der Waals surface area (Å²) in [6.07, 6.45) is 4.58. The van der Waals surface area contributed by atoms with Crippen LogP contribution in [0.15, 0.2) is 18.2 Å². The van der Waals surface area contributed by atoms with Gasteiger partial charge >= 0.3 is 0 Å². The van der Waals surface area contributed by atoms with E-state index < -0.39 is 0 Å². The zero-order valence-corrected chi connectivity index (χ0v) is 12.4. The molecule has 2 aliphatic rings. The van der Waals surface area contributed by atoms with Crippen molar-refractivity contribution in [1.82, 2.24) is 5.32 Å². The fourth-order valence-corrected chi connectivity index (χ4v) is 3.58. The highest BCUT2D eigenvalue weighted by atomic mass is 16.1. The highest BCUT2D eigenvalue weighted by Crippen LogP contribution is 2.29. The Kier molecular flexibility index (Phi) is 3.68. The van der Waals surface area contributed by atoms with Crippen molar-refractivity contribution in [1.29, 1.82) is 0 Å². The molecule has 1 saturated carbocycles. The summed E-state index contributed by atoms with van der Waals surface area (Å²) in [6, 6.07) is 6.34. The van der Waals surface area contributed by atoms with Crippen molar-refractivity contribution in [2.75, 3.05) is 11.9 Å². The SMILES string of the molecule is CC1CCC(NC(=O)c2ccc3c(c2)CCN3)C(C)C1. The van der Waals surface area contributed by atoms with Gasteiger partial charge in [0.1, 0.15) is 0 Å². The molecule has 1 amide bonds. The van der Waals surface area contributed by atoms with Gasteiger partial charge in [0.05, 0.1) is 0 Å². The molecule has 0 aromatic heterocycles. The average Bonchev–Trinajstić information content (AvgIpc) is 2.89. The quantitative estimate of drug-likeness (QED) is 0.868. The lowest BCUT2D eigenvalue weighted by atomic mass is 9.80. The molecule has 3 unspecified atom stereocenters. The van der Waals surface area contributed by atoms with Crippen LogP contribution in [0, 0.1) is 11.8 Å². The van der Waals surface area contributed by atoms with Crippen molar-refractivity contribution in [2.24, 2.45) is 11.8 Å². The van der Waals surface area contributed by atoms with Crippen LogP contribution < -0.4 is 10.6 Å². The summed E-state index contributed by atoms with van der Waals surface area (Å²) in [4.78, 5) is 12.4. The number of carbonyl (C=O) groups is 1. The summed E-state index contributed by atoms with van der Waals surface area (Å²) >= 11 is 0. The topological polar surface area (TPSA) is 41.1 Å². The van der Waals surface area contributed by atoms with Gasteiger partial charge in [-0.15, -0.1) is 0 Å². The van der Waals surface area contributed by atoms with E-state index in [2.05, 4.69) is 24.5 Å². The summed E-state index contributed by atoms with van der Waals surface area (Å²) < 4.78 is 0. The second kappa shape index (κ2) is 5.47. The zero-order valence-electron chi connectivity index (χ0n) is 12.4. The molecule has 1 aromatic carbocycles. The number of fused-ring (bicyclic) bond motifs is 1. The van der Waals surface area contributed by atoms with Crippen LogP contribution in [0.5, 0.6) is 0 Å². The van der Waals surface area contributed by atoms with Gasteiger partial charge in [0.2, 0.25) is 0 Å². The van der Waals surface area contributed by atoms with Gasteiger partial charge in [0.15, 0.2) is 0 Å². The number of anilines is 1. The lowest BCUT2D eigenvalue weighted by Crippen LogP contribution is -2.42. The van der Waals surface area contributed by atoms with Crippen LogP contribution in [0.3, 0.4) is 0 Å². The molecule has 20 heavy (non-hydrogen) atoms. The van der Waals surface area contributed by atoms with Crippen molar-refractivity contribution in [2.45, 2.75) is 45.6 Å². The molecule has 1 aromatic rings. The third-order valence-corrected chi connectivity index (χ3v) is 4.83. The van der Waals surface area contributed by atoms with E-state index in [4.69, 9.17) is 0 Å². The first-order valence-electron chi connectivity index (χ1n) is 7.81. The summed E-state index contributed by atoms with van der Waals surface area (Å²) in [5.74, 6) is 1.47. The van der Waals surface area contributed by atoms with Crippen LogP contribution in [0.2, 0.25) is 0 Å². The van der Waals surface area contributed by atoms with Crippen LogP contribution >= 0.6 is 0 Å². The third-order valence-electron chi connectivity index (χ3n) is 4.83. The van der Waals surface area contributed by atoms with Crippen molar-refractivity contribution >= 4 is 11.6 Å². The molecule has 0 saturated heterocycles. The molecule has 2 N–H and O–H groups in total. The summed E-state index contributed by atoms with van der Waals surface area (Å²) in [5, 5.41) is 6.57. The van der Waals surface area contributed by atoms with E-state index in [0.717, 1.165) is 30.9 Å². The summed E-state index contributed by atoms with van der Waals surface area (Å²) in [6.45, 7) is 5.55. The van der Waals surface area contributed by atoms with Crippen LogP contribution in [0.4, 0.5) is 5.69 Å². The molecule has 1 heterocycles. The van der Waals surface area contributed by atoms with Crippen molar-refractivity contribution in [3.8, 4) is 0 Å². The Morgan fingerprint density at radius 2 is 2.15 bits per heavy atom. The van der Waals surface area contributed by atoms with E-state index in [1.165, 1.54) is 24.1 Å². The average molecular weight is 272 g/mol. The number of carbonyl (C=O) groups excluding carboxylic acids is 1. The van der Waals surface area contributed by atoms with Gasteiger partial charge < -0.3 is 10.6 Å². The molecule has 0 bridgehead atoms. The van der Waals surface area contributed by atoms with Crippen molar-refractivity contribution in [3.63, 3.8) is 0 Å². The minimum Gasteiger partial charge on any atom is -0.384 e. The first-order valence-corrected chi connectivity index (χ1v) is 7.81. The molecule has 3 nitrogen and oxygen atoms in total. The van der Waals surface area contributed by atoms with Crippen LogP contribution in [0.25, 0.3) is 0 Å². The molecule has 3 heteroatoms. The van der Waals surface area contributed by atoms with Gasteiger partial charge in [-0.05, 0) is 61.3 Å². The number of nitrogens with one attached hydrogen (secondary N) is 2. The van der Waals surface area contributed by atoms with E-state index in [9.17, 15) is 4.79 Å². The lowest BCUT2D eigenvalue weighted by molar-refractivity contribution is 0.0899. The Bertz CT molecular complexity index is 512. The van der Waals surface area contributed by atoms with E-state index in [1.807, 2.05) is 18.2 Å². The number of hydrogen-bond acceptors (Lipinski definition) is 2. The van der Waals surface area contributed by atoms with E-state index in [-0.39, 0.29) is 5.91 Å². The van der Waals surface area contributed by atoms with Crippen LogP contribution in [-0.4, -0.2) is 18.5 Å². The fraction of sp³-hybridized carbons (Fsp3) is 0.588. The van der Waals surface area contributed by atoms with Gasteiger partial charge in [-0.3, -0.25) is 4.79 Å². The first-order chi connectivity index (χ1) is 9.63. The molecule has 108 valence electrons. The Hall–Kier alpha value is -1.51. The maximum Gasteiger partial charge on any atom is 0.251 e. The van der Waals surface area contributed by atoms with Gasteiger partial charge in [-0.2, -0.15) is 0 Å². The Labute approximate surface area is 121 Å². The molecule has 3 atom stereocenters. The second-order valence-corrected chi connectivity index (χ2v) is 6.52. The van der Waals surface area contributed by atoms with Gasteiger partial charge in [0.25, 0.3) is 5.91 Å². The number of amides is 1. The highest BCUT2D eigenvalue weighted by Gasteiger charge is 2.27. The largest absolute Gasteiger partial charge is 0.384 e. The summed E-state index contributed by atoms with van der Waals surface area (Å²) in [5.41, 5.74) is 3.25. The maximum absolute atomic E-state index is 12.4. The molecular weight excluding hydrogens is 248 g/mol. The highest BCUT2D eigenvalue weighted by molar-refractivity contribution is 5.95. The summed E-state index contributed by atoms with van der Waals surface area (Å²) in [7, 11) is 0. The predicted molar refractivity (Wildman–Crippen MR) is 82.1 cm³/mol. The molecule has 1 aliphatic carbocycles. The zero-order chi connectivity index (χ0) is 14.1. The van der Waals surface area contributed by atoms with Crippen LogP contribution in [-0.2, 0) is 6.42 Å². The Morgan fingerprint density at radius 3 is 2.95 bits per heavy atom. The van der Waals surface area contributed by atoms with Crippen LogP contribution in [0.1, 0.15) is 49.0 Å². The number of rotatable bonds is 2. The predicted octanol–water partition coefficient (Wildman–Crippen LogP) is 3.21. The maximum atomic E-state index is 12.4. The molecule has 1 fully saturated rings. The third kappa shape index (κ3) is 2.67. The molecule has 3 rings (SSSR count). The smallest absolute Gasteiger partial charge is 0.251 e. The van der Waals surface area contributed by atoms with Gasteiger partial charge in [-0.1, -0.05) is 13.8 Å². The Morgan fingerprint density at radius 1 is 1.30 bits per heavy atom. The molecular formula is C17H24N2O. The van der Waals surface area contributed by atoms with E-state index >= 15 is 0 Å². The van der Waals surface area contributed by atoms with E-state index in [0.29, 0.717) is 12.0 Å². The normalized spacial score (nSPS) is 28.6. The molecule has 0 radical (unpaired) electrons.